The van der Waals surface area contributed by atoms with E-state index in [4.69, 9.17) is 9.26 Å². The summed E-state index contributed by atoms with van der Waals surface area (Å²) in [4.78, 5) is 17.1. The van der Waals surface area contributed by atoms with Gasteiger partial charge in [-0.25, -0.2) is 0 Å². The lowest BCUT2D eigenvalue weighted by molar-refractivity contribution is -0.116. The SMILES string of the molecule is COc1ccccc1C=CC(=O)NCc1nc(-c2cccs2)no1. The molecule has 6 nitrogen and oxygen atoms in total. The first-order valence-electron chi connectivity index (χ1n) is 7.21. The molecule has 1 amide bonds. The van der Waals surface area contributed by atoms with Crippen molar-refractivity contribution in [2.45, 2.75) is 6.54 Å². The van der Waals surface area contributed by atoms with Gasteiger partial charge < -0.3 is 14.6 Å². The van der Waals surface area contributed by atoms with Crippen LogP contribution < -0.4 is 10.1 Å². The molecule has 0 fully saturated rings. The number of aromatic nitrogens is 2. The number of carbonyl (C=O) groups is 1. The predicted octanol–water partition coefficient (Wildman–Crippen LogP) is 3.14. The molecule has 0 atom stereocenters. The van der Waals surface area contributed by atoms with Crippen molar-refractivity contribution in [3.8, 4) is 16.5 Å². The van der Waals surface area contributed by atoms with Crippen molar-refractivity contribution in [2.24, 2.45) is 0 Å². The maximum absolute atomic E-state index is 11.9. The summed E-state index contributed by atoms with van der Waals surface area (Å²) in [5.41, 5.74) is 0.827. The van der Waals surface area contributed by atoms with Crippen molar-refractivity contribution in [3.05, 3.63) is 59.3 Å². The molecule has 3 aromatic rings. The Balaban J connectivity index is 1.57. The molecule has 0 saturated heterocycles. The fraction of sp³-hybridized carbons (Fsp3) is 0.118. The second kappa shape index (κ2) is 7.56. The Morgan fingerprint density at radius 3 is 3.00 bits per heavy atom. The number of ether oxygens (including phenoxy) is 1. The molecule has 1 aromatic carbocycles. The molecule has 0 unspecified atom stereocenters. The fourth-order valence-electron chi connectivity index (χ4n) is 2.02. The molecule has 3 rings (SSSR count). The van der Waals surface area contributed by atoms with Crippen LogP contribution in [0.15, 0.2) is 52.4 Å². The van der Waals surface area contributed by atoms with Crippen molar-refractivity contribution in [3.63, 3.8) is 0 Å². The summed E-state index contributed by atoms with van der Waals surface area (Å²) in [6, 6.07) is 11.3. The summed E-state index contributed by atoms with van der Waals surface area (Å²) in [7, 11) is 1.59. The summed E-state index contributed by atoms with van der Waals surface area (Å²) < 4.78 is 10.4. The number of nitrogens with zero attached hydrogens (tertiary/aromatic N) is 2. The highest BCUT2D eigenvalue weighted by atomic mass is 32.1. The van der Waals surface area contributed by atoms with Gasteiger partial charge in [-0.2, -0.15) is 4.98 Å². The van der Waals surface area contributed by atoms with Crippen LogP contribution in [0, 0.1) is 0 Å². The number of rotatable bonds is 6. The molecule has 0 aliphatic carbocycles. The number of amides is 1. The van der Waals surface area contributed by atoms with Gasteiger partial charge in [0.2, 0.25) is 17.6 Å². The minimum atomic E-state index is -0.253. The maximum atomic E-state index is 11.9. The van der Waals surface area contributed by atoms with Crippen LogP contribution in [0.5, 0.6) is 5.75 Å². The molecular weight excluding hydrogens is 326 g/mol. The first kappa shape index (κ1) is 15.9. The lowest BCUT2D eigenvalue weighted by Gasteiger charge is -2.03. The number of benzene rings is 1. The van der Waals surface area contributed by atoms with Crippen molar-refractivity contribution >= 4 is 23.3 Å². The van der Waals surface area contributed by atoms with E-state index in [9.17, 15) is 4.79 Å². The summed E-state index contributed by atoms with van der Waals surface area (Å²) in [6.45, 7) is 0.174. The number of hydrogen-bond donors (Lipinski definition) is 1. The van der Waals surface area contributed by atoms with Gasteiger partial charge >= 0.3 is 0 Å². The highest BCUT2D eigenvalue weighted by Gasteiger charge is 2.09. The maximum Gasteiger partial charge on any atom is 0.246 e. The van der Waals surface area contributed by atoms with E-state index in [1.807, 2.05) is 41.8 Å². The molecule has 24 heavy (non-hydrogen) atoms. The van der Waals surface area contributed by atoms with Gasteiger partial charge in [-0.05, 0) is 23.6 Å². The largest absolute Gasteiger partial charge is 0.496 e. The van der Waals surface area contributed by atoms with Crippen LogP contribution >= 0.6 is 11.3 Å². The van der Waals surface area contributed by atoms with E-state index < -0.39 is 0 Å². The van der Waals surface area contributed by atoms with Crippen LogP contribution in [-0.2, 0) is 11.3 Å². The molecule has 1 N–H and O–H groups in total. The topological polar surface area (TPSA) is 77.2 Å². The zero-order valence-corrected chi connectivity index (χ0v) is 13.7. The molecule has 0 radical (unpaired) electrons. The third-order valence-corrected chi connectivity index (χ3v) is 4.04. The van der Waals surface area contributed by atoms with Gasteiger partial charge in [0.25, 0.3) is 0 Å². The highest BCUT2D eigenvalue weighted by molar-refractivity contribution is 7.13. The van der Waals surface area contributed by atoms with Crippen molar-refractivity contribution < 1.29 is 14.1 Å². The minimum absolute atomic E-state index is 0.174. The number of hydrogen-bond acceptors (Lipinski definition) is 6. The molecular formula is C17H15N3O3S. The van der Waals surface area contributed by atoms with Crippen molar-refractivity contribution in [2.75, 3.05) is 7.11 Å². The van der Waals surface area contributed by atoms with Crippen LogP contribution in [0.2, 0.25) is 0 Å². The molecule has 2 heterocycles. The average Bonchev–Trinajstić information content (AvgIpc) is 3.29. The number of carbonyl (C=O) groups excluding carboxylic acids is 1. The number of methoxy groups -OCH3 is 1. The molecule has 0 aliphatic rings. The first-order chi connectivity index (χ1) is 11.8. The van der Waals surface area contributed by atoms with Gasteiger partial charge in [-0.1, -0.05) is 29.4 Å². The van der Waals surface area contributed by atoms with E-state index in [2.05, 4.69) is 15.5 Å². The lowest BCUT2D eigenvalue weighted by Crippen LogP contribution is -2.20. The normalized spacial score (nSPS) is 10.9. The summed E-state index contributed by atoms with van der Waals surface area (Å²) >= 11 is 1.53. The second-order valence-electron chi connectivity index (χ2n) is 4.78. The van der Waals surface area contributed by atoms with Crippen LogP contribution in [0.1, 0.15) is 11.5 Å². The predicted molar refractivity (Wildman–Crippen MR) is 91.5 cm³/mol. The van der Waals surface area contributed by atoms with Crippen LogP contribution in [0.25, 0.3) is 16.8 Å². The Morgan fingerprint density at radius 1 is 1.33 bits per heavy atom. The van der Waals surface area contributed by atoms with E-state index in [0.717, 1.165) is 10.4 Å². The summed E-state index contributed by atoms with van der Waals surface area (Å²) in [6.07, 6.45) is 3.13. The van der Waals surface area contributed by atoms with Gasteiger partial charge in [-0.3, -0.25) is 4.79 Å². The minimum Gasteiger partial charge on any atom is -0.496 e. The monoisotopic (exact) mass is 341 g/mol. The average molecular weight is 341 g/mol. The summed E-state index contributed by atoms with van der Waals surface area (Å²) in [5, 5.41) is 8.54. The van der Waals surface area contributed by atoms with Gasteiger partial charge in [-0.15, -0.1) is 11.3 Å². The van der Waals surface area contributed by atoms with Gasteiger partial charge in [0, 0.05) is 11.6 Å². The Hall–Kier alpha value is -2.93. The standard InChI is InChI=1S/C17H15N3O3S/c1-22-13-6-3-2-5-12(13)8-9-15(21)18-11-16-19-17(20-23-16)14-7-4-10-24-14/h2-10H,11H2,1H3,(H,18,21). The van der Waals surface area contributed by atoms with Crippen LogP contribution in [0.3, 0.4) is 0 Å². The van der Waals surface area contributed by atoms with E-state index in [1.54, 1.807) is 13.2 Å². The molecule has 122 valence electrons. The van der Waals surface area contributed by atoms with Gasteiger partial charge in [0.15, 0.2) is 0 Å². The molecule has 0 bridgehead atoms. The second-order valence-corrected chi connectivity index (χ2v) is 5.73. The molecule has 2 aromatic heterocycles. The third-order valence-electron chi connectivity index (χ3n) is 3.18. The van der Waals surface area contributed by atoms with E-state index >= 15 is 0 Å². The number of para-hydroxylation sites is 1. The van der Waals surface area contributed by atoms with E-state index in [1.165, 1.54) is 17.4 Å². The quantitative estimate of drug-likeness (QED) is 0.697. The fourth-order valence-corrected chi connectivity index (χ4v) is 2.67. The van der Waals surface area contributed by atoms with Crippen LogP contribution in [0.4, 0.5) is 0 Å². The zero-order valence-electron chi connectivity index (χ0n) is 12.9. The number of thiophene rings is 1. The van der Waals surface area contributed by atoms with Crippen molar-refractivity contribution in [1.29, 1.82) is 0 Å². The summed E-state index contributed by atoms with van der Waals surface area (Å²) in [5.74, 6) is 1.34. The Kier molecular flexibility index (Phi) is 5.02. The Morgan fingerprint density at radius 2 is 2.21 bits per heavy atom. The third kappa shape index (κ3) is 3.88. The van der Waals surface area contributed by atoms with Crippen molar-refractivity contribution in [1.82, 2.24) is 15.5 Å². The van der Waals surface area contributed by atoms with Gasteiger partial charge in [0.05, 0.1) is 18.5 Å². The first-order valence-corrected chi connectivity index (χ1v) is 8.09. The lowest BCUT2D eigenvalue weighted by atomic mass is 10.2. The van der Waals surface area contributed by atoms with E-state index in [0.29, 0.717) is 17.5 Å². The highest BCUT2D eigenvalue weighted by Crippen LogP contribution is 2.21. The Labute approximate surface area is 142 Å². The molecule has 0 saturated carbocycles. The van der Waals surface area contributed by atoms with E-state index in [-0.39, 0.29) is 12.5 Å². The molecule has 0 aliphatic heterocycles. The van der Waals surface area contributed by atoms with Crippen LogP contribution in [-0.4, -0.2) is 23.2 Å². The van der Waals surface area contributed by atoms with Gasteiger partial charge in [0.1, 0.15) is 5.75 Å². The molecule has 0 spiro atoms. The molecule has 7 heteroatoms. The number of nitrogens with one attached hydrogen (secondary N) is 1. The smallest absolute Gasteiger partial charge is 0.246 e. The zero-order chi connectivity index (χ0) is 16.8. The Bertz CT molecular complexity index is 840.